The first-order valence-electron chi connectivity index (χ1n) is 6.52. The monoisotopic (exact) mass is 282 g/mol. The molecule has 0 aliphatic heterocycles. The quantitative estimate of drug-likeness (QED) is 0.748. The fourth-order valence-corrected chi connectivity index (χ4v) is 2.42. The first-order chi connectivity index (χ1) is 10.2. The SMILES string of the molecule is COC(=O)c1cc(CO)cc(-c2cccc3occc23)c1. The van der Waals surface area contributed by atoms with E-state index in [0.29, 0.717) is 11.1 Å². The lowest BCUT2D eigenvalue weighted by Crippen LogP contribution is -2.02. The molecule has 3 aromatic rings. The summed E-state index contributed by atoms with van der Waals surface area (Å²) in [6.07, 6.45) is 1.63. The topological polar surface area (TPSA) is 59.7 Å². The number of furan rings is 1. The van der Waals surface area contributed by atoms with Gasteiger partial charge in [0.2, 0.25) is 0 Å². The number of methoxy groups -OCH3 is 1. The summed E-state index contributed by atoms with van der Waals surface area (Å²) in [5.41, 5.74) is 3.64. The van der Waals surface area contributed by atoms with Crippen molar-refractivity contribution in [2.75, 3.05) is 7.11 Å². The smallest absolute Gasteiger partial charge is 0.337 e. The van der Waals surface area contributed by atoms with Gasteiger partial charge in [0.15, 0.2) is 0 Å². The van der Waals surface area contributed by atoms with Crippen molar-refractivity contribution in [3.05, 3.63) is 59.9 Å². The third-order valence-electron chi connectivity index (χ3n) is 3.40. The van der Waals surface area contributed by atoms with Crippen LogP contribution >= 0.6 is 0 Å². The maximum absolute atomic E-state index is 11.8. The maximum Gasteiger partial charge on any atom is 0.337 e. The molecule has 0 unspecified atom stereocenters. The van der Waals surface area contributed by atoms with E-state index in [1.165, 1.54) is 7.11 Å². The van der Waals surface area contributed by atoms with Crippen LogP contribution in [0.2, 0.25) is 0 Å². The molecule has 0 aliphatic rings. The largest absolute Gasteiger partial charge is 0.465 e. The molecule has 0 atom stereocenters. The molecule has 3 rings (SSSR count). The fourth-order valence-electron chi connectivity index (χ4n) is 2.42. The van der Waals surface area contributed by atoms with Crippen LogP contribution in [0.25, 0.3) is 22.1 Å². The van der Waals surface area contributed by atoms with Gasteiger partial charge < -0.3 is 14.3 Å². The molecule has 0 aliphatic carbocycles. The second-order valence-corrected chi connectivity index (χ2v) is 4.71. The third-order valence-corrected chi connectivity index (χ3v) is 3.40. The molecule has 4 nitrogen and oxygen atoms in total. The summed E-state index contributed by atoms with van der Waals surface area (Å²) in [5.74, 6) is -0.425. The van der Waals surface area contributed by atoms with Gasteiger partial charge in [-0.15, -0.1) is 0 Å². The standard InChI is InChI=1S/C17H14O4/c1-20-17(19)13-8-11(10-18)7-12(9-13)14-3-2-4-16-15(14)5-6-21-16/h2-9,18H,10H2,1H3. The Morgan fingerprint density at radius 1 is 1.24 bits per heavy atom. The average molecular weight is 282 g/mol. The molecule has 2 aromatic carbocycles. The van der Waals surface area contributed by atoms with Crippen molar-refractivity contribution in [3.63, 3.8) is 0 Å². The van der Waals surface area contributed by atoms with Crippen molar-refractivity contribution in [1.82, 2.24) is 0 Å². The number of esters is 1. The number of carbonyl (C=O) groups excluding carboxylic acids is 1. The van der Waals surface area contributed by atoms with Crippen LogP contribution in [0.1, 0.15) is 15.9 Å². The number of fused-ring (bicyclic) bond motifs is 1. The Kier molecular flexibility index (Phi) is 3.46. The summed E-state index contributed by atoms with van der Waals surface area (Å²) >= 11 is 0. The van der Waals surface area contributed by atoms with E-state index in [4.69, 9.17) is 9.15 Å². The number of rotatable bonds is 3. The van der Waals surface area contributed by atoms with Crippen molar-refractivity contribution in [2.45, 2.75) is 6.61 Å². The highest BCUT2D eigenvalue weighted by molar-refractivity contribution is 5.97. The first kappa shape index (κ1) is 13.4. The normalized spacial score (nSPS) is 10.8. The van der Waals surface area contributed by atoms with E-state index in [9.17, 15) is 9.90 Å². The zero-order valence-electron chi connectivity index (χ0n) is 11.5. The highest BCUT2D eigenvalue weighted by atomic mass is 16.5. The number of aliphatic hydroxyl groups is 1. The van der Waals surface area contributed by atoms with Gasteiger partial charge in [0.05, 0.1) is 25.5 Å². The van der Waals surface area contributed by atoms with Gasteiger partial charge in [-0.25, -0.2) is 4.79 Å². The van der Waals surface area contributed by atoms with Crippen LogP contribution < -0.4 is 0 Å². The molecule has 0 radical (unpaired) electrons. The maximum atomic E-state index is 11.8. The Morgan fingerprint density at radius 3 is 2.86 bits per heavy atom. The van der Waals surface area contributed by atoms with Crippen LogP contribution in [-0.2, 0) is 11.3 Å². The van der Waals surface area contributed by atoms with Crippen molar-refractivity contribution in [1.29, 1.82) is 0 Å². The second-order valence-electron chi connectivity index (χ2n) is 4.71. The number of carbonyl (C=O) groups is 1. The van der Waals surface area contributed by atoms with Gasteiger partial charge in [-0.1, -0.05) is 12.1 Å². The van der Waals surface area contributed by atoms with E-state index in [1.807, 2.05) is 30.3 Å². The van der Waals surface area contributed by atoms with Crippen molar-refractivity contribution in [2.24, 2.45) is 0 Å². The second kappa shape index (κ2) is 5.42. The molecule has 1 aromatic heterocycles. The molecule has 4 heteroatoms. The fraction of sp³-hybridized carbons (Fsp3) is 0.118. The van der Waals surface area contributed by atoms with Gasteiger partial charge in [0, 0.05) is 5.39 Å². The molecular formula is C17H14O4. The van der Waals surface area contributed by atoms with Gasteiger partial charge in [-0.05, 0) is 47.0 Å². The zero-order valence-corrected chi connectivity index (χ0v) is 11.5. The molecule has 106 valence electrons. The van der Waals surface area contributed by atoms with Gasteiger partial charge >= 0.3 is 5.97 Å². The Labute approximate surface area is 121 Å². The molecule has 1 heterocycles. The van der Waals surface area contributed by atoms with Gasteiger partial charge in [0.1, 0.15) is 5.58 Å². The number of hydrogen-bond acceptors (Lipinski definition) is 4. The van der Waals surface area contributed by atoms with E-state index in [2.05, 4.69) is 0 Å². The first-order valence-corrected chi connectivity index (χ1v) is 6.52. The lowest BCUT2D eigenvalue weighted by Gasteiger charge is -2.08. The Hall–Kier alpha value is -2.59. The minimum atomic E-state index is -0.425. The predicted octanol–water partition coefficient (Wildman–Crippen LogP) is 3.38. The molecule has 1 N–H and O–H groups in total. The molecule has 0 saturated carbocycles. The van der Waals surface area contributed by atoms with Crippen LogP contribution in [0.4, 0.5) is 0 Å². The van der Waals surface area contributed by atoms with E-state index in [-0.39, 0.29) is 6.61 Å². The number of ether oxygens (including phenoxy) is 1. The summed E-state index contributed by atoms with van der Waals surface area (Å²) in [4.78, 5) is 11.8. The van der Waals surface area contributed by atoms with E-state index < -0.39 is 5.97 Å². The summed E-state index contributed by atoms with van der Waals surface area (Å²) < 4.78 is 10.2. The van der Waals surface area contributed by atoms with Crippen LogP contribution in [0, 0.1) is 0 Å². The number of hydrogen-bond donors (Lipinski definition) is 1. The van der Waals surface area contributed by atoms with E-state index in [0.717, 1.165) is 22.1 Å². The molecule has 0 fully saturated rings. The zero-order chi connectivity index (χ0) is 14.8. The molecule has 0 amide bonds. The van der Waals surface area contributed by atoms with Crippen molar-refractivity contribution >= 4 is 16.9 Å². The number of benzene rings is 2. The predicted molar refractivity (Wildman–Crippen MR) is 78.9 cm³/mol. The highest BCUT2D eigenvalue weighted by Gasteiger charge is 2.12. The lowest BCUT2D eigenvalue weighted by molar-refractivity contribution is 0.0600. The van der Waals surface area contributed by atoms with Gasteiger partial charge in [0.25, 0.3) is 0 Å². The van der Waals surface area contributed by atoms with Crippen LogP contribution in [0.15, 0.2) is 53.1 Å². The summed E-state index contributed by atoms with van der Waals surface area (Å²) in [6.45, 7) is -0.140. The van der Waals surface area contributed by atoms with Crippen molar-refractivity contribution in [3.8, 4) is 11.1 Å². The lowest BCUT2D eigenvalue weighted by atomic mass is 9.97. The van der Waals surface area contributed by atoms with Gasteiger partial charge in [-0.3, -0.25) is 0 Å². The molecule has 21 heavy (non-hydrogen) atoms. The van der Waals surface area contributed by atoms with Crippen molar-refractivity contribution < 1.29 is 19.1 Å². The molecule has 0 bridgehead atoms. The average Bonchev–Trinajstić information content (AvgIpc) is 3.02. The summed E-state index contributed by atoms with van der Waals surface area (Å²) in [5, 5.41) is 10.4. The summed E-state index contributed by atoms with van der Waals surface area (Å²) in [6, 6.07) is 12.9. The Bertz CT molecular complexity index is 801. The molecule has 0 spiro atoms. The highest BCUT2D eigenvalue weighted by Crippen LogP contribution is 2.30. The van der Waals surface area contributed by atoms with E-state index in [1.54, 1.807) is 18.4 Å². The minimum Gasteiger partial charge on any atom is -0.465 e. The van der Waals surface area contributed by atoms with Crippen LogP contribution in [0.3, 0.4) is 0 Å². The molecular weight excluding hydrogens is 268 g/mol. The summed E-state index contributed by atoms with van der Waals surface area (Å²) in [7, 11) is 1.34. The molecule has 0 saturated heterocycles. The number of aliphatic hydroxyl groups excluding tert-OH is 1. The minimum absolute atomic E-state index is 0.140. The van der Waals surface area contributed by atoms with Crippen LogP contribution in [0.5, 0.6) is 0 Å². The third kappa shape index (κ3) is 2.41. The van der Waals surface area contributed by atoms with Crippen LogP contribution in [-0.4, -0.2) is 18.2 Å². The van der Waals surface area contributed by atoms with E-state index >= 15 is 0 Å². The Morgan fingerprint density at radius 2 is 2.10 bits per heavy atom. The Balaban J connectivity index is 2.21. The van der Waals surface area contributed by atoms with Gasteiger partial charge in [-0.2, -0.15) is 0 Å².